The van der Waals surface area contributed by atoms with Gasteiger partial charge < -0.3 is 14.5 Å². The number of ether oxygens (including phenoxy) is 1. The zero-order valence-electron chi connectivity index (χ0n) is 18.5. The van der Waals surface area contributed by atoms with Crippen LogP contribution in [-0.2, 0) is 14.3 Å². The minimum absolute atomic E-state index is 0.178. The molecule has 1 aromatic rings. The second-order valence-electron chi connectivity index (χ2n) is 9.74. The predicted octanol–water partition coefficient (Wildman–Crippen LogP) is 2.84. The number of piperidine rings is 1. The van der Waals surface area contributed by atoms with E-state index in [1.807, 2.05) is 4.90 Å². The topological polar surface area (TPSA) is 53.1 Å². The molecule has 168 valence electrons. The van der Waals surface area contributed by atoms with Gasteiger partial charge in [0, 0.05) is 32.2 Å². The van der Waals surface area contributed by atoms with E-state index in [0.29, 0.717) is 12.5 Å². The molecule has 3 heterocycles. The average Bonchev–Trinajstić information content (AvgIpc) is 2.84. The molecule has 4 aliphatic rings. The minimum atomic E-state index is -0.178. The van der Waals surface area contributed by atoms with Gasteiger partial charge >= 0.3 is 0 Å². The molecule has 1 spiro atoms. The second-order valence-corrected chi connectivity index (χ2v) is 9.74. The van der Waals surface area contributed by atoms with Gasteiger partial charge in [0.25, 0.3) is 0 Å². The van der Waals surface area contributed by atoms with Crippen LogP contribution in [0.1, 0.15) is 56.6 Å². The Labute approximate surface area is 185 Å². The van der Waals surface area contributed by atoms with Crippen LogP contribution in [0.3, 0.4) is 0 Å². The average molecular weight is 426 g/mol. The van der Waals surface area contributed by atoms with E-state index in [1.165, 1.54) is 12.0 Å². The molecule has 5 rings (SSSR count). The lowest BCUT2D eigenvalue weighted by molar-refractivity contribution is -0.186. The van der Waals surface area contributed by atoms with Gasteiger partial charge in [-0.05, 0) is 31.2 Å². The Morgan fingerprint density at radius 3 is 2.32 bits per heavy atom. The fraction of sp³-hybridized carbons (Fsp3) is 0.680. The van der Waals surface area contributed by atoms with Crippen LogP contribution >= 0.6 is 0 Å². The molecule has 1 unspecified atom stereocenters. The first kappa shape index (κ1) is 21.0. The number of hydrogen-bond donors (Lipinski definition) is 0. The lowest BCUT2D eigenvalue weighted by Crippen LogP contribution is -2.68. The molecule has 0 radical (unpaired) electrons. The highest BCUT2D eigenvalue weighted by Gasteiger charge is 2.62. The van der Waals surface area contributed by atoms with Crippen molar-refractivity contribution in [2.45, 2.75) is 57.0 Å². The van der Waals surface area contributed by atoms with Crippen LogP contribution in [0.25, 0.3) is 0 Å². The van der Waals surface area contributed by atoms with E-state index in [0.717, 1.165) is 77.9 Å². The molecular weight excluding hydrogens is 390 g/mol. The van der Waals surface area contributed by atoms with Crippen LogP contribution in [0.5, 0.6) is 0 Å². The largest absolute Gasteiger partial charge is 0.379 e. The van der Waals surface area contributed by atoms with Crippen LogP contribution in [0.4, 0.5) is 0 Å². The van der Waals surface area contributed by atoms with Gasteiger partial charge in [-0.15, -0.1) is 0 Å². The van der Waals surface area contributed by atoms with Gasteiger partial charge in [0.2, 0.25) is 11.8 Å². The van der Waals surface area contributed by atoms with Crippen LogP contribution in [-0.4, -0.2) is 78.5 Å². The van der Waals surface area contributed by atoms with Crippen molar-refractivity contribution in [1.29, 1.82) is 0 Å². The summed E-state index contributed by atoms with van der Waals surface area (Å²) in [5.74, 6) is 0.595. The minimum Gasteiger partial charge on any atom is -0.379 e. The first-order valence-corrected chi connectivity index (χ1v) is 12.1. The third-order valence-corrected chi connectivity index (χ3v) is 8.00. The summed E-state index contributed by atoms with van der Waals surface area (Å²) in [5.41, 5.74) is 1.11. The van der Waals surface area contributed by atoms with Crippen LogP contribution in [0.15, 0.2) is 30.3 Å². The monoisotopic (exact) mass is 425 g/mol. The lowest BCUT2D eigenvalue weighted by atomic mass is 9.59. The van der Waals surface area contributed by atoms with E-state index in [9.17, 15) is 9.59 Å². The van der Waals surface area contributed by atoms with Crippen LogP contribution in [0.2, 0.25) is 0 Å². The molecule has 3 aliphatic heterocycles. The SMILES string of the molecule is O=C(CN1CCOCC1)N1CCC(N2C(=O)C3(CCCCC3)C2c2ccccc2)CC1. The smallest absolute Gasteiger partial charge is 0.236 e. The highest BCUT2D eigenvalue weighted by atomic mass is 16.5. The summed E-state index contributed by atoms with van der Waals surface area (Å²) in [6.45, 7) is 5.12. The molecule has 1 atom stereocenters. The summed E-state index contributed by atoms with van der Waals surface area (Å²) < 4.78 is 5.39. The molecule has 2 amide bonds. The van der Waals surface area contributed by atoms with Crippen molar-refractivity contribution in [2.75, 3.05) is 45.9 Å². The standard InChI is InChI=1S/C25H35N3O3/c29-22(19-26-15-17-31-18-16-26)27-13-9-21(10-14-27)28-23(20-7-3-1-4-8-20)25(24(28)30)11-5-2-6-12-25/h1,3-4,7-8,21,23H,2,5-6,9-19H2. The molecule has 6 nitrogen and oxygen atoms in total. The summed E-state index contributed by atoms with van der Waals surface area (Å²) in [6, 6.07) is 11.1. The highest BCUT2D eigenvalue weighted by Crippen LogP contribution is 2.59. The first-order valence-electron chi connectivity index (χ1n) is 12.1. The Balaban J connectivity index is 1.25. The summed E-state index contributed by atoms with van der Waals surface area (Å²) in [5, 5.41) is 0. The van der Waals surface area contributed by atoms with E-state index in [4.69, 9.17) is 4.74 Å². The van der Waals surface area contributed by atoms with Gasteiger partial charge in [-0.1, -0.05) is 49.6 Å². The number of carbonyl (C=O) groups is 2. The third kappa shape index (κ3) is 3.89. The summed E-state index contributed by atoms with van der Waals surface area (Å²) in [6.07, 6.45) is 7.41. The molecule has 1 saturated carbocycles. The van der Waals surface area contributed by atoms with E-state index in [1.54, 1.807) is 0 Å². The van der Waals surface area contributed by atoms with Crippen LogP contribution < -0.4 is 0 Å². The number of likely N-dealkylation sites (tertiary alicyclic amines) is 2. The van der Waals surface area contributed by atoms with Gasteiger partial charge in [-0.3, -0.25) is 14.5 Å². The zero-order valence-corrected chi connectivity index (χ0v) is 18.5. The number of β-lactam (4-membered cyclic amide) rings is 1. The Morgan fingerprint density at radius 2 is 1.65 bits per heavy atom. The van der Waals surface area contributed by atoms with Gasteiger partial charge in [0.1, 0.15) is 0 Å². The summed E-state index contributed by atoms with van der Waals surface area (Å²) in [7, 11) is 0. The first-order chi connectivity index (χ1) is 15.2. The molecule has 6 heteroatoms. The van der Waals surface area contributed by atoms with Gasteiger partial charge in [0.05, 0.1) is 31.2 Å². The Kier molecular flexibility index (Phi) is 6.02. The maximum absolute atomic E-state index is 13.5. The maximum Gasteiger partial charge on any atom is 0.236 e. The van der Waals surface area contributed by atoms with Crippen molar-refractivity contribution >= 4 is 11.8 Å². The normalized spacial score (nSPS) is 27.4. The number of benzene rings is 1. The van der Waals surface area contributed by atoms with Crippen molar-refractivity contribution in [3.63, 3.8) is 0 Å². The van der Waals surface area contributed by atoms with Crippen LogP contribution in [0, 0.1) is 5.41 Å². The van der Waals surface area contributed by atoms with Crippen molar-refractivity contribution in [3.8, 4) is 0 Å². The van der Waals surface area contributed by atoms with E-state index in [2.05, 4.69) is 40.1 Å². The van der Waals surface area contributed by atoms with Crippen molar-refractivity contribution in [1.82, 2.24) is 14.7 Å². The molecule has 0 bridgehead atoms. The summed E-state index contributed by atoms with van der Waals surface area (Å²) in [4.78, 5) is 32.7. The molecule has 3 saturated heterocycles. The number of hydrogen-bond acceptors (Lipinski definition) is 4. The molecule has 0 N–H and O–H groups in total. The molecule has 0 aromatic heterocycles. The highest BCUT2D eigenvalue weighted by molar-refractivity contribution is 5.91. The fourth-order valence-corrected chi connectivity index (χ4v) is 6.30. The molecule has 1 aromatic carbocycles. The fourth-order valence-electron chi connectivity index (χ4n) is 6.30. The van der Waals surface area contributed by atoms with E-state index in [-0.39, 0.29) is 23.4 Å². The van der Waals surface area contributed by atoms with Gasteiger partial charge in [-0.25, -0.2) is 0 Å². The molecular formula is C25H35N3O3. The third-order valence-electron chi connectivity index (χ3n) is 8.00. The second kappa shape index (κ2) is 8.91. The van der Waals surface area contributed by atoms with Gasteiger partial charge in [0.15, 0.2) is 0 Å². The number of rotatable bonds is 4. The lowest BCUT2D eigenvalue weighted by Gasteiger charge is -2.61. The quantitative estimate of drug-likeness (QED) is 0.696. The molecule has 31 heavy (non-hydrogen) atoms. The molecule has 1 aliphatic carbocycles. The number of morpholine rings is 1. The molecule has 4 fully saturated rings. The maximum atomic E-state index is 13.5. The van der Waals surface area contributed by atoms with Crippen molar-refractivity contribution in [3.05, 3.63) is 35.9 Å². The Bertz CT molecular complexity index is 778. The van der Waals surface area contributed by atoms with E-state index >= 15 is 0 Å². The zero-order chi connectivity index (χ0) is 21.3. The number of carbonyl (C=O) groups excluding carboxylic acids is 2. The van der Waals surface area contributed by atoms with E-state index < -0.39 is 0 Å². The number of amides is 2. The predicted molar refractivity (Wildman–Crippen MR) is 118 cm³/mol. The van der Waals surface area contributed by atoms with Crippen molar-refractivity contribution < 1.29 is 14.3 Å². The van der Waals surface area contributed by atoms with Crippen molar-refractivity contribution in [2.24, 2.45) is 5.41 Å². The Morgan fingerprint density at radius 1 is 0.968 bits per heavy atom. The Hall–Kier alpha value is -1.92. The van der Waals surface area contributed by atoms with Gasteiger partial charge in [-0.2, -0.15) is 0 Å². The number of nitrogens with zero attached hydrogens (tertiary/aromatic N) is 3. The summed E-state index contributed by atoms with van der Waals surface area (Å²) >= 11 is 0.